The Morgan fingerprint density at radius 1 is 1.03 bits per heavy atom. The maximum atomic E-state index is 13.3. The molecule has 0 aliphatic carbocycles. The van der Waals surface area contributed by atoms with Gasteiger partial charge in [0.1, 0.15) is 0 Å². The highest BCUT2D eigenvalue weighted by molar-refractivity contribution is 7.90. The molecule has 0 saturated carbocycles. The van der Waals surface area contributed by atoms with Crippen LogP contribution in [0.1, 0.15) is 31.0 Å². The van der Waals surface area contributed by atoms with Gasteiger partial charge < -0.3 is 0 Å². The Hall–Kier alpha value is -2.32. The highest BCUT2D eigenvalue weighted by Crippen LogP contribution is 2.35. The van der Waals surface area contributed by atoms with Crippen molar-refractivity contribution in [2.45, 2.75) is 30.8 Å². The average Bonchev–Trinajstić information content (AvgIpc) is 3.06. The van der Waals surface area contributed by atoms with Crippen molar-refractivity contribution in [3.05, 3.63) is 64.8 Å². The van der Waals surface area contributed by atoms with Crippen LogP contribution in [0.5, 0.6) is 0 Å². The molecule has 9 heteroatoms. The Kier molecular flexibility index (Phi) is 5.53. The van der Waals surface area contributed by atoms with E-state index >= 15 is 0 Å². The summed E-state index contributed by atoms with van der Waals surface area (Å²) in [5.41, 5.74) is 0.758. The van der Waals surface area contributed by atoms with Crippen LogP contribution >= 0.6 is 11.6 Å². The van der Waals surface area contributed by atoms with E-state index in [1.54, 1.807) is 18.2 Å². The molecule has 3 aromatic rings. The van der Waals surface area contributed by atoms with Crippen LogP contribution in [0, 0.1) is 0 Å². The molecule has 154 valence electrons. The summed E-state index contributed by atoms with van der Waals surface area (Å²) in [6.07, 6.45) is -3.57. The van der Waals surface area contributed by atoms with E-state index in [1.165, 1.54) is 24.3 Å². The van der Waals surface area contributed by atoms with Gasteiger partial charge >= 0.3 is 6.18 Å². The Bertz CT molecular complexity index is 1150. The summed E-state index contributed by atoms with van der Waals surface area (Å²) in [6.45, 7) is 3.93. The average molecular weight is 443 g/mol. The van der Waals surface area contributed by atoms with Crippen molar-refractivity contribution in [3.63, 3.8) is 0 Å². The summed E-state index contributed by atoms with van der Waals surface area (Å²) < 4.78 is 64.4. The number of rotatable bonds is 4. The zero-order chi connectivity index (χ0) is 21.6. The summed E-state index contributed by atoms with van der Waals surface area (Å²) >= 11 is 6.31. The van der Waals surface area contributed by atoms with Crippen LogP contribution in [0.2, 0.25) is 5.02 Å². The number of hydrogen-bond donors (Lipinski definition) is 0. The van der Waals surface area contributed by atoms with Crippen LogP contribution in [0.25, 0.3) is 16.9 Å². The lowest BCUT2D eigenvalue weighted by atomic mass is 10.0. The van der Waals surface area contributed by atoms with Crippen LogP contribution < -0.4 is 0 Å². The number of aromatic nitrogens is 2. The third kappa shape index (κ3) is 4.48. The molecular weight excluding hydrogens is 425 g/mol. The van der Waals surface area contributed by atoms with Crippen molar-refractivity contribution in [2.24, 2.45) is 0 Å². The Morgan fingerprint density at radius 2 is 1.66 bits per heavy atom. The molecule has 0 N–H and O–H groups in total. The van der Waals surface area contributed by atoms with Crippen molar-refractivity contribution < 1.29 is 21.6 Å². The number of hydrogen-bond acceptors (Lipinski definition) is 3. The number of nitrogens with zero attached hydrogens (tertiary/aromatic N) is 2. The van der Waals surface area contributed by atoms with Gasteiger partial charge in [0.15, 0.2) is 15.5 Å². The first-order chi connectivity index (χ1) is 13.4. The van der Waals surface area contributed by atoms with Gasteiger partial charge in [-0.15, -0.1) is 0 Å². The molecule has 0 spiro atoms. The van der Waals surface area contributed by atoms with E-state index in [0.29, 0.717) is 16.3 Å². The highest BCUT2D eigenvalue weighted by Gasteiger charge is 2.35. The van der Waals surface area contributed by atoms with Crippen LogP contribution in [-0.2, 0) is 16.0 Å². The topological polar surface area (TPSA) is 52.0 Å². The monoisotopic (exact) mass is 442 g/mol. The second kappa shape index (κ2) is 7.50. The Morgan fingerprint density at radius 3 is 2.14 bits per heavy atom. The van der Waals surface area contributed by atoms with Gasteiger partial charge in [0.25, 0.3) is 0 Å². The van der Waals surface area contributed by atoms with Gasteiger partial charge in [0.05, 0.1) is 16.3 Å². The van der Waals surface area contributed by atoms with Gasteiger partial charge in [-0.25, -0.2) is 13.1 Å². The first-order valence-corrected chi connectivity index (χ1v) is 10.9. The van der Waals surface area contributed by atoms with Crippen molar-refractivity contribution >= 4 is 21.4 Å². The summed E-state index contributed by atoms with van der Waals surface area (Å²) in [4.78, 5) is 0.0766. The molecule has 3 rings (SSSR count). The fourth-order valence-corrected chi connectivity index (χ4v) is 3.93. The second-order valence-corrected chi connectivity index (χ2v) is 9.40. The molecule has 29 heavy (non-hydrogen) atoms. The van der Waals surface area contributed by atoms with E-state index in [0.717, 1.165) is 22.6 Å². The molecule has 0 aliphatic rings. The fraction of sp³-hybridized carbons (Fsp3) is 0.250. The van der Waals surface area contributed by atoms with E-state index < -0.39 is 21.7 Å². The summed E-state index contributed by atoms with van der Waals surface area (Å²) in [5.74, 6) is 0.155. The molecule has 1 heterocycles. The molecule has 0 radical (unpaired) electrons. The SMILES string of the molecule is CC(C)c1ccc(-n2nc(C(F)(F)F)cc2-c2ccc(S(C)(=O)=O)cc2)cc1Cl. The standard InChI is InChI=1S/C20H18ClF3N2O2S/c1-12(2)16-9-6-14(10-17(16)21)26-18(11-19(25-26)20(22,23)24)13-4-7-15(8-5-13)29(3,27)28/h4-12H,1-3H3. The van der Waals surface area contributed by atoms with Crippen LogP contribution in [0.15, 0.2) is 53.4 Å². The van der Waals surface area contributed by atoms with E-state index in [-0.39, 0.29) is 16.5 Å². The minimum Gasteiger partial charge on any atom is -0.232 e. The summed E-state index contributed by atoms with van der Waals surface area (Å²) in [5, 5.41) is 4.16. The van der Waals surface area contributed by atoms with Crippen molar-refractivity contribution in [2.75, 3.05) is 6.26 Å². The number of halogens is 4. The van der Waals surface area contributed by atoms with Gasteiger partial charge in [-0.05, 0) is 41.8 Å². The second-order valence-electron chi connectivity index (χ2n) is 6.98. The van der Waals surface area contributed by atoms with Gasteiger partial charge in [-0.3, -0.25) is 0 Å². The predicted molar refractivity (Wildman–Crippen MR) is 106 cm³/mol. The first kappa shape index (κ1) is 21.4. The third-order valence-corrected chi connectivity index (χ3v) is 5.88. The smallest absolute Gasteiger partial charge is 0.232 e. The van der Waals surface area contributed by atoms with Gasteiger partial charge in [-0.2, -0.15) is 18.3 Å². The number of alkyl halides is 3. The maximum Gasteiger partial charge on any atom is 0.435 e. The van der Waals surface area contributed by atoms with Crippen molar-refractivity contribution in [3.8, 4) is 16.9 Å². The molecule has 4 nitrogen and oxygen atoms in total. The van der Waals surface area contributed by atoms with E-state index in [9.17, 15) is 21.6 Å². The Balaban J connectivity index is 2.17. The van der Waals surface area contributed by atoms with E-state index in [4.69, 9.17) is 11.6 Å². The molecule has 0 amide bonds. The number of benzene rings is 2. The lowest BCUT2D eigenvalue weighted by Crippen LogP contribution is -2.07. The Labute approximate surface area is 171 Å². The molecule has 1 aromatic heterocycles. The van der Waals surface area contributed by atoms with Crippen molar-refractivity contribution in [1.82, 2.24) is 9.78 Å². The zero-order valence-corrected chi connectivity index (χ0v) is 17.4. The normalized spacial score (nSPS) is 12.6. The zero-order valence-electron chi connectivity index (χ0n) is 15.8. The molecule has 0 atom stereocenters. The molecule has 0 aliphatic heterocycles. The quantitative estimate of drug-likeness (QED) is 0.517. The highest BCUT2D eigenvalue weighted by atomic mass is 35.5. The van der Waals surface area contributed by atoms with E-state index in [1.807, 2.05) is 13.8 Å². The predicted octanol–water partition coefficient (Wildman–Crippen LogP) is 5.74. The number of sulfone groups is 1. The first-order valence-electron chi connectivity index (χ1n) is 8.65. The third-order valence-electron chi connectivity index (χ3n) is 4.43. The van der Waals surface area contributed by atoms with Crippen LogP contribution in [0.3, 0.4) is 0 Å². The molecule has 0 unspecified atom stereocenters. The summed E-state index contributed by atoms with van der Waals surface area (Å²) in [7, 11) is -3.42. The lowest BCUT2D eigenvalue weighted by molar-refractivity contribution is -0.141. The molecule has 2 aromatic carbocycles. The largest absolute Gasteiger partial charge is 0.435 e. The maximum absolute atomic E-state index is 13.3. The fourth-order valence-electron chi connectivity index (χ4n) is 2.91. The molecular formula is C20H18ClF3N2O2S. The van der Waals surface area contributed by atoms with Crippen molar-refractivity contribution in [1.29, 1.82) is 0 Å². The molecule has 0 fully saturated rings. The van der Waals surface area contributed by atoms with Gasteiger partial charge in [0, 0.05) is 16.8 Å². The minimum atomic E-state index is -4.63. The minimum absolute atomic E-state index is 0.0766. The molecule has 0 bridgehead atoms. The summed E-state index contributed by atoms with van der Waals surface area (Å²) in [6, 6.07) is 11.5. The lowest BCUT2D eigenvalue weighted by Gasteiger charge is -2.12. The van der Waals surface area contributed by atoms with Gasteiger partial charge in [0.2, 0.25) is 0 Å². The van der Waals surface area contributed by atoms with E-state index in [2.05, 4.69) is 5.10 Å². The van der Waals surface area contributed by atoms with Crippen LogP contribution in [-0.4, -0.2) is 24.5 Å². The molecule has 0 saturated heterocycles. The van der Waals surface area contributed by atoms with Gasteiger partial charge in [-0.1, -0.05) is 43.6 Å². The van der Waals surface area contributed by atoms with Crippen LogP contribution in [0.4, 0.5) is 13.2 Å².